The summed E-state index contributed by atoms with van der Waals surface area (Å²) in [5, 5.41) is 19.8. The number of rotatable bonds is 3. The van der Waals surface area contributed by atoms with Crippen molar-refractivity contribution in [3.05, 3.63) is 107 Å². The first-order valence-corrected chi connectivity index (χ1v) is 11.3. The third-order valence-electron chi connectivity index (χ3n) is 7.23. The number of aromatic hydroxyl groups is 2. The molecule has 0 spiro atoms. The van der Waals surface area contributed by atoms with E-state index in [9.17, 15) is 42.6 Å². The van der Waals surface area contributed by atoms with Crippen molar-refractivity contribution in [1.29, 1.82) is 0 Å². The Morgan fingerprint density at radius 3 is 1.61 bits per heavy atom. The Kier molecular flexibility index (Phi) is 5.21. The Labute approximate surface area is 210 Å². The third kappa shape index (κ3) is 3.24. The summed E-state index contributed by atoms with van der Waals surface area (Å²) in [6, 6.07) is 8.55. The lowest BCUT2D eigenvalue weighted by molar-refractivity contribution is -0.173. The van der Waals surface area contributed by atoms with Gasteiger partial charge in [0.2, 0.25) is 0 Å². The molecular weight excluding hydrogens is 505 g/mol. The highest BCUT2D eigenvalue weighted by Gasteiger charge is 2.53. The molecule has 2 heterocycles. The summed E-state index contributed by atoms with van der Waals surface area (Å²) >= 11 is 0. The van der Waals surface area contributed by atoms with Crippen LogP contribution in [0.15, 0.2) is 67.7 Å². The molecule has 2 N–H and O–H groups in total. The molecule has 38 heavy (non-hydrogen) atoms. The average Bonchev–Trinajstić information content (AvgIpc) is 3.23. The maximum Gasteiger partial charge on any atom is 0.402 e. The molecule has 2 aromatic heterocycles. The molecule has 0 saturated heterocycles. The van der Waals surface area contributed by atoms with Crippen LogP contribution in [0.5, 0.6) is 11.5 Å². The second-order valence-electron chi connectivity index (χ2n) is 9.39. The molecule has 194 valence electrons. The van der Waals surface area contributed by atoms with Gasteiger partial charge in [-0.05, 0) is 60.9 Å². The zero-order valence-electron chi connectivity index (χ0n) is 20.2. The van der Waals surface area contributed by atoms with Gasteiger partial charge in [-0.3, -0.25) is 23.7 Å². The highest BCUT2D eigenvalue weighted by molar-refractivity contribution is 5.98. The molecule has 8 nitrogen and oxygen atoms in total. The molecular formula is C27H19F3N2O6. The van der Waals surface area contributed by atoms with Gasteiger partial charge in [-0.2, -0.15) is 13.2 Å². The van der Waals surface area contributed by atoms with Crippen LogP contribution in [0.4, 0.5) is 13.2 Å². The molecule has 0 amide bonds. The van der Waals surface area contributed by atoms with E-state index in [1.807, 2.05) is 0 Å². The van der Waals surface area contributed by atoms with Gasteiger partial charge in [-0.15, -0.1) is 0 Å². The second kappa shape index (κ2) is 7.91. The van der Waals surface area contributed by atoms with E-state index in [0.717, 1.165) is 54.0 Å². The fraction of sp³-hybridized carbons (Fsp3) is 0.185. The molecule has 0 fully saturated rings. The standard InChI is InChI=1S/C27H19F3N2O6/c1-12-8-13(4-6-20(12)33)26(2,27(28,29)30)14-5-7-21(34)19(9-14)32-24(37)17-10-15-16(11-18(17)25(32)38)23(36)31(3)22(15)35/h4-11,33-34H,1-3H3. The van der Waals surface area contributed by atoms with Gasteiger partial charge in [0, 0.05) is 7.05 Å². The van der Waals surface area contributed by atoms with Crippen molar-refractivity contribution in [3.63, 3.8) is 0 Å². The van der Waals surface area contributed by atoms with Crippen molar-refractivity contribution in [1.82, 2.24) is 9.13 Å². The van der Waals surface area contributed by atoms with Crippen LogP contribution < -0.4 is 22.2 Å². The van der Waals surface area contributed by atoms with Gasteiger partial charge in [0.1, 0.15) is 16.9 Å². The quantitative estimate of drug-likeness (QED) is 0.375. The summed E-state index contributed by atoms with van der Waals surface area (Å²) in [5.41, 5.74) is -6.80. The van der Waals surface area contributed by atoms with Crippen LogP contribution in [0.25, 0.3) is 27.2 Å². The molecule has 3 aromatic carbocycles. The van der Waals surface area contributed by atoms with E-state index in [0.29, 0.717) is 4.57 Å². The normalized spacial score (nSPS) is 13.8. The van der Waals surface area contributed by atoms with Crippen molar-refractivity contribution in [3.8, 4) is 17.2 Å². The second-order valence-corrected chi connectivity index (χ2v) is 9.39. The van der Waals surface area contributed by atoms with E-state index in [2.05, 4.69) is 0 Å². The number of alkyl halides is 3. The Morgan fingerprint density at radius 2 is 1.13 bits per heavy atom. The van der Waals surface area contributed by atoms with Crippen LogP contribution in [-0.4, -0.2) is 25.5 Å². The van der Waals surface area contributed by atoms with E-state index in [4.69, 9.17) is 0 Å². The monoisotopic (exact) mass is 524 g/mol. The lowest BCUT2D eigenvalue weighted by Gasteiger charge is -2.34. The maximum atomic E-state index is 14.6. The summed E-state index contributed by atoms with van der Waals surface area (Å²) < 4.78 is 45.1. The summed E-state index contributed by atoms with van der Waals surface area (Å²) in [6.07, 6.45) is -4.86. The fourth-order valence-electron chi connectivity index (χ4n) is 4.79. The zero-order valence-corrected chi connectivity index (χ0v) is 20.2. The Morgan fingerprint density at radius 1 is 0.684 bits per heavy atom. The van der Waals surface area contributed by atoms with Crippen molar-refractivity contribution < 1.29 is 23.4 Å². The average molecular weight is 524 g/mol. The number of aryl methyl sites for hydroxylation is 1. The zero-order chi connectivity index (χ0) is 27.9. The molecule has 0 aliphatic carbocycles. The number of aromatic nitrogens is 2. The van der Waals surface area contributed by atoms with Gasteiger partial charge in [0.15, 0.2) is 0 Å². The number of halogens is 3. The van der Waals surface area contributed by atoms with Crippen LogP contribution in [0, 0.1) is 6.92 Å². The minimum atomic E-state index is -4.86. The minimum absolute atomic E-state index is 0.0791. The molecule has 5 aromatic rings. The highest BCUT2D eigenvalue weighted by atomic mass is 19.4. The number of nitrogens with zero attached hydrogens (tertiary/aromatic N) is 2. The topological polar surface area (TPSA) is 119 Å². The number of hydrogen-bond donors (Lipinski definition) is 2. The third-order valence-corrected chi connectivity index (χ3v) is 7.23. The molecule has 0 saturated carbocycles. The number of fused-ring (bicyclic) bond motifs is 2. The molecule has 0 bridgehead atoms. The molecule has 1 unspecified atom stereocenters. The van der Waals surface area contributed by atoms with Gasteiger partial charge in [-0.25, -0.2) is 4.57 Å². The largest absolute Gasteiger partial charge is 0.508 e. The smallest absolute Gasteiger partial charge is 0.402 e. The molecule has 0 aliphatic rings. The Bertz CT molecular complexity index is 1930. The molecule has 5 rings (SSSR count). The number of phenolic OH excluding ortho intramolecular Hbond substituents is 2. The van der Waals surface area contributed by atoms with E-state index >= 15 is 0 Å². The van der Waals surface area contributed by atoms with E-state index in [1.54, 1.807) is 0 Å². The summed E-state index contributed by atoms with van der Waals surface area (Å²) in [5.74, 6) is -0.820. The van der Waals surface area contributed by atoms with E-state index in [1.165, 1.54) is 20.0 Å². The first-order chi connectivity index (χ1) is 17.7. The van der Waals surface area contributed by atoms with Crippen LogP contribution >= 0.6 is 0 Å². The highest BCUT2D eigenvalue weighted by Crippen LogP contribution is 2.47. The van der Waals surface area contributed by atoms with Crippen LogP contribution in [0.3, 0.4) is 0 Å². The Balaban J connectivity index is 1.81. The molecule has 1 atom stereocenters. The van der Waals surface area contributed by atoms with Crippen molar-refractivity contribution in [2.75, 3.05) is 0 Å². The summed E-state index contributed by atoms with van der Waals surface area (Å²) in [6.45, 7) is 2.36. The first-order valence-electron chi connectivity index (χ1n) is 11.3. The molecule has 0 aliphatic heterocycles. The first kappa shape index (κ1) is 25.0. The number of hydrogen-bond acceptors (Lipinski definition) is 6. The van der Waals surface area contributed by atoms with E-state index < -0.39 is 45.3 Å². The minimum Gasteiger partial charge on any atom is -0.508 e. The van der Waals surface area contributed by atoms with Crippen molar-refractivity contribution in [2.45, 2.75) is 25.4 Å². The van der Waals surface area contributed by atoms with Crippen LogP contribution in [0.2, 0.25) is 0 Å². The number of benzene rings is 3. The van der Waals surface area contributed by atoms with Crippen LogP contribution in [-0.2, 0) is 12.5 Å². The predicted octanol–water partition coefficient (Wildman–Crippen LogP) is 3.03. The molecule has 0 radical (unpaired) electrons. The molecule has 11 heteroatoms. The van der Waals surface area contributed by atoms with E-state index in [-0.39, 0.29) is 44.0 Å². The lowest BCUT2D eigenvalue weighted by Crippen LogP contribution is -2.41. The predicted molar refractivity (Wildman–Crippen MR) is 134 cm³/mol. The van der Waals surface area contributed by atoms with Crippen molar-refractivity contribution >= 4 is 21.5 Å². The Hall–Kier alpha value is -4.67. The van der Waals surface area contributed by atoms with Crippen molar-refractivity contribution in [2.24, 2.45) is 7.05 Å². The van der Waals surface area contributed by atoms with Crippen LogP contribution in [0.1, 0.15) is 23.6 Å². The summed E-state index contributed by atoms with van der Waals surface area (Å²) in [4.78, 5) is 51.3. The van der Waals surface area contributed by atoms with Gasteiger partial charge in [-0.1, -0.05) is 18.2 Å². The SMILES string of the molecule is Cc1cc(C(C)(c2ccc(O)c(-n3c(=O)c4cc5c(=O)n(C)c(=O)c5cc4c3=O)c2)C(F)(F)F)ccc1O. The van der Waals surface area contributed by atoms with Gasteiger partial charge < -0.3 is 10.2 Å². The maximum absolute atomic E-state index is 14.6. The fourth-order valence-corrected chi connectivity index (χ4v) is 4.79. The van der Waals surface area contributed by atoms with Gasteiger partial charge in [0.05, 0.1) is 27.2 Å². The lowest BCUT2D eigenvalue weighted by atomic mass is 9.75. The van der Waals surface area contributed by atoms with Gasteiger partial charge >= 0.3 is 6.18 Å². The summed E-state index contributed by atoms with van der Waals surface area (Å²) in [7, 11) is 1.25. The number of phenols is 2. The van der Waals surface area contributed by atoms with Gasteiger partial charge in [0.25, 0.3) is 22.2 Å².